The number of carbonyl (C=O) groups excluding carboxylic acids is 1. The highest BCUT2D eigenvalue weighted by atomic mass is 16.1. The van der Waals surface area contributed by atoms with E-state index in [9.17, 15) is 4.79 Å². The molecule has 1 aromatic rings. The smallest absolute Gasteiger partial charge is 0.238 e. The van der Waals surface area contributed by atoms with E-state index in [0.29, 0.717) is 12.6 Å². The fraction of sp³-hybridized carbons (Fsp3) is 0.571. The molecule has 0 bridgehead atoms. The number of pyridine rings is 1. The Morgan fingerprint density at radius 1 is 1.37 bits per heavy atom. The Hall–Kier alpha value is -1.62. The highest BCUT2D eigenvalue weighted by Gasteiger charge is 2.15. The van der Waals surface area contributed by atoms with Gasteiger partial charge in [0.1, 0.15) is 5.82 Å². The lowest BCUT2D eigenvalue weighted by molar-refractivity contribution is -0.115. The highest BCUT2D eigenvalue weighted by molar-refractivity contribution is 5.92. The molecule has 1 saturated carbocycles. The third-order valence-electron chi connectivity index (χ3n) is 3.40. The summed E-state index contributed by atoms with van der Waals surface area (Å²) >= 11 is 0. The first kappa shape index (κ1) is 13.8. The van der Waals surface area contributed by atoms with Crippen molar-refractivity contribution < 1.29 is 4.79 Å². The van der Waals surface area contributed by atoms with E-state index in [1.165, 1.54) is 25.7 Å². The van der Waals surface area contributed by atoms with Crippen LogP contribution in [-0.4, -0.2) is 37.6 Å². The molecule has 104 valence electrons. The molecule has 0 spiro atoms. The molecule has 19 heavy (non-hydrogen) atoms. The van der Waals surface area contributed by atoms with Crippen molar-refractivity contribution in [2.24, 2.45) is 0 Å². The number of carbonyl (C=O) groups is 1. The average molecular weight is 262 g/mol. The maximum Gasteiger partial charge on any atom is 0.238 e. The predicted molar refractivity (Wildman–Crippen MR) is 77.5 cm³/mol. The molecule has 2 N–H and O–H groups in total. The minimum absolute atomic E-state index is 0.00805. The normalized spacial score (nSPS) is 15.5. The second-order valence-electron chi connectivity index (χ2n) is 5.21. The van der Waals surface area contributed by atoms with Gasteiger partial charge in [-0.25, -0.2) is 4.98 Å². The van der Waals surface area contributed by atoms with Crippen LogP contribution in [0.1, 0.15) is 25.7 Å². The first-order chi connectivity index (χ1) is 9.15. The molecule has 1 fully saturated rings. The molecule has 1 heterocycles. The Morgan fingerprint density at radius 3 is 2.68 bits per heavy atom. The molecule has 0 aromatic carbocycles. The summed E-state index contributed by atoms with van der Waals surface area (Å²) < 4.78 is 0. The number of hydrogen-bond donors (Lipinski definition) is 2. The van der Waals surface area contributed by atoms with Gasteiger partial charge in [-0.15, -0.1) is 0 Å². The predicted octanol–water partition coefficient (Wildman–Crippen LogP) is 1.62. The van der Waals surface area contributed by atoms with Crippen molar-refractivity contribution in [3.63, 3.8) is 0 Å². The first-order valence-electron chi connectivity index (χ1n) is 6.82. The molecule has 5 heteroatoms. The van der Waals surface area contributed by atoms with Gasteiger partial charge < -0.3 is 15.5 Å². The number of amides is 1. The zero-order valence-corrected chi connectivity index (χ0v) is 11.6. The number of rotatable bonds is 5. The summed E-state index contributed by atoms with van der Waals surface area (Å²) in [4.78, 5) is 18.0. The van der Waals surface area contributed by atoms with Crippen molar-refractivity contribution in [1.82, 2.24) is 10.3 Å². The molecule has 2 rings (SSSR count). The molecule has 0 saturated heterocycles. The molecule has 0 radical (unpaired) electrons. The van der Waals surface area contributed by atoms with Crippen LogP contribution in [0.5, 0.6) is 0 Å². The monoisotopic (exact) mass is 262 g/mol. The van der Waals surface area contributed by atoms with Gasteiger partial charge in [0, 0.05) is 20.1 Å². The fourth-order valence-electron chi connectivity index (χ4n) is 2.30. The summed E-state index contributed by atoms with van der Waals surface area (Å²) in [6.07, 6.45) is 6.60. The van der Waals surface area contributed by atoms with E-state index >= 15 is 0 Å². The maximum absolute atomic E-state index is 11.8. The average Bonchev–Trinajstić information content (AvgIpc) is 2.90. The van der Waals surface area contributed by atoms with Gasteiger partial charge in [0.2, 0.25) is 5.91 Å². The van der Waals surface area contributed by atoms with Gasteiger partial charge in [0.25, 0.3) is 0 Å². The Bertz CT molecular complexity index is 410. The quantitative estimate of drug-likeness (QED) is 0.846. The summed E-state index contributed by atoms with van der Waals surface area (Å²) in [5, 5.41) is 6.14. The summed E-state index contributed by atoms with van der Waals surface area (Å²) in [6, 6.07) is 4.27. The van der Waals surface area contributed by atoms with E-state index in [-0.39, 0.29) is 5.91 Å². The molecule has 5 nitrogen and oxygen atoms in total. The zero-order chi connectivity index (χ0) is 13.7. The lowest BCUT2D eigenvalue weighted by Gasteiger charge is -2.13. The van der Waals surface area contributed by atoms with Crippen LogP contribution in [0.15, 0.2) is 18.3 Å². The Kier molecular flexibility index (Phi) is 4.74. The van der Waals surface area contributed by atoms with Crippen LogP contribution in [-0.2, 0) is 4.79 Å². The van der Waals surface area contributed by atoms with Gasteiger partial charge >= 0.3 is 0 Å². The standard InChI is InChI=1S/C14H22N4O/c1-18(2)13-8-7-12(9-16-13)17-14(19)10-15-11-5-3-4-6-11/h7-9,11,15H,3-6,10H2,1-2H3,(H,17,19). The summed E-state index contributed by atoms with van der Waals surface area (Å²) in [7, 11) is 3.87. The second kappa shape index (κ2) is 6.52. The minimum atomic E-state index is -0.00805. The van der Waals surface area contributed by atoms with Crippen LogP contribution >= 0.6 is 0 Å². The van der Waals surface area contributed by atoms with Gasteiger partial charge in [0.15, 0.2) is 0 Å². The fourth-order valence-corrected chi connectivity index (χ4v) is 2.30. The number of hydrogen-bond acceptors (Lipinski definition) is 4. The Balaban J connectivity index is 1.77. The molecular weight excluding hydrogens is 240 g/mol. The molecule has 0 atom stereocenters. The number of nitrogens with zero attached hydrogens (tertiary/aromatic N) is 2. The Morgan fingerprint density at radius 2 is 2.11 bits per heavy atom. The van der Waals surface area contributed by atoms with Crippen LogP contribution in [0.2, 0.25) is 0 Å². The molecule has 1 aromatic heterocycles. The molecule has 1 aliphatic carbocycles. The summed E-state index contributed by atoms with van der Waals surface area (Å²) in [6.45, 7) is 0.375. The van der Waals surface area contributed by atoms with Gasteiger partial charge in [-0.3, -0.25) is 4.79 Å². The van der Waals surface area contributed by atoms with Crippen molar-refractivity contribution in [3.05, 3.63) is 18.3 Å². The van der Waals surface area contributed by atoms with Crippen LogP contribution < -0.4 is 15.5 Å². The van der Waals surface area contributed by atoms with Gasteiger partial charge in [0.05, 0.1) is 18.4 Å². The number of anilines is 2. The lowest BCUT2D eigenvalue weighted by atomic mass is 10.2. The largest absolute Gasteiger partial charge is 0.363 e. The summed E-state index contributed by atoms with van der Waals surface area (Å²) in [5.74, 6) is 0.869. The van der Waals surface area contributed by atoms with E-state index in [4.69, 9.17) is 0 Å². The van der Waals surface area contributed by atoms with E-state index in [1.807, 2.05) is 31.1 Å². The van der Waals surface area contributed by atoms with Gasteiger partial charge in [-0.2, -0.15) is 0 Å². The van der Waals surface area contributed by atoms with Crippen molar-refractivity contribution in [2.45, 2.75) is 31.7 Å². The minimum Gasteiger partial charge on any atom is -0.363 e. The molecule has 0 unspecified atom stereocenters. The van der Waals surface area contributed by atoms with Crippen molar-refractivity contribution in [1.29, 1.82) is 0 Å². The highest BCUT2D eigenvalue weighted by Crippen LogP contribution is 2.17. The third kappa shape index (κ3) is 4.21. The van der Waals surface area contributed by atoms with E-state index in [1.54, 1.807) is 6.20 Å². The zero-order valence-electron chi connectivity index (χ0n) is 11.6. The lowest BCUT2D eigenvalue weighted by Crippen LogP contribution is -2.34. The molecular formula is C14H22N4O. The van der Waals surface area contributed by atoms with Crippen molar-refractivity contribution in [3.8, 4) is 0 Å². The van der Waals surface area contributed by atoms with Gasteiger partial charge in [-0.05, 0) is 25.0 Å². The van der Waals surface area contributed by atoms with E-state index in [2.05, 4.69) is 15.6 Å². The SMILES string of the molecule is CN(C)c1ccc(NC(=O)CNC2CCCC2)cn1. The summed E-state index contributed by atoms with van der Waals surface area (Å²) in [5.41, 5.74) is 0.740. The van der Waals surface area contributed by atoms with Crippen LogP contribution in [0.4, 0.5) is 11.5 Å². The molecule has 1 amide bonds. The van der Waals surface area contributed by atoms with E-state index in [0.717, 1.165) is 11.5 Å². The third-order valence-corrected chi connectivity index (χ3v) is 3.40. The van der Waals surface area contributed by atoms with Crippen molar-refractivity contribution >= 4 is 17.4 Å². The van der Waals surface area contributed by atoms with E-state index < -0.39 is 0 Å². The maximum atomic E-state index is 11.8. The van der Waals surface area contributed by atoms with Gasteiger partial charge in [-0.1, -0.05) is 12.8 Å². The second-order valence-corrected chi connectivity index (χ2v) is 5.21. The number of nitrogens with one attached hydrogen (secondary N) is 2. The van der Waals surface area contributed by atoms with Crippen LogP contribution in [0.25, 0.3) is 0 Å². The number of aromatic nitrogens is 1. The van der Waals surface area contributed by atoms with Crippen LogP contribution in [0.3, 0.4) is 0 Å². The topological polar surface area (TPSA) is 57.3 Å². The van der Waals surface area contributed by atoms with Crippen molar-refractivity contribution in [2.75, 3.05) is 30.9 Å². The van der Waals surface area contributed by atoms with Crippen LogP contribution in [0, 0.1) is 0 Å². The molecule has 1 aliphatic rings. The Labute approximate surface area is 114 Å². The first-order valence-corrected chi connectivity index (χ1v) is 6.82. The molecule has 0 aliphatic heterocycles.